The summed E-state index contributed by atoms with van der Waals surface area (Å²) in [6, 6.07) is 0. The summed E-state index contributed by atoms with van der Waals surface area (Å²) in [4.78, 5) is 13.3. The quantitative estimate of drug-likeness (QED) is 0.837. The zero-order valence-corrected chi connectivity index (χ0v) is 10.3. The minimum Gasteiger partial charge on any atom is -0.366 e. The minimum absolute atomic E-state index is 0.0314. The van der Waals surface area contributed by atoms with E-state index in [9.17, 15) is 4.79 Å². The number of aromatic nitrogens is 2. The number of hydrogen-bond acceptors (Lipinski definition) is 3. The SMILES string of the molecule is CN(Cc1cn[nH]c1)C(=O)COC(C)(C)C. The second kappa shape index (κ2) is 5.12. The molecule has 1 amide bonds. The first-order valence-electron chi connectivity index (χ1n) is 5.24. The summed E-state index contributed by atoms with van der Waals surface area (Å²) >= 11 is 0. The van der Waals surface area contributed by atoms with Crippen LogP contribution >= 0.6 is 0 Å². The molecule has 0 saturated carbocycles. The van der Waals surface area contributed by atoms with Gasteiger partial charge in [-0.2, -0.15) is 5.10 Å². The van der Waals surface area contributed by atoms with Crippen molar-refractivity contribution in [1.82, 2.24) is 15.1 Å². The summed E-state index contributed by atoms with van der Waals surface area (Å²) in [5.74, 6) is -0.0314. The standard InChI is InChI=1S/C11H19N3O2/c1-11(2,3)16-8-10(15)14(4)7-9-5-12-13-6-9/h5-6H,7-8H2,1-4H3,(H,12,13). The lowest BCUT2D eigenvalue weighted by Gasteiger charge is -2.22. The molecule has 1 N–H and O–H groups in total. The van der Waals surface area contributed by atoms with E-state index in [1.807, 2.05) is 20.8 Å². The predicted molar refractivity (Wildman–Crippen MR) is 60.8 cm³/mol. The molecular weight excluding hydrogens is 206 g/mol. The van der Waals surface area contributed by atoms with Crippen molar-refractivity contribution in [1.29, 1.82) is 0 Å². The monoisotopic (exact) mass is 225 g/mol. The van der Waals surface area contributed by atoms with Crippen molar-refractivity contribution in [3.63, 3.8) is 0 Å². The average molecular weight is 225 g/mol. The van der Waals surface area contributed by atoms with Crippen LogP contribution in [0.4, 0.5) is 0 Å². The van der Waals surface area contributed by atoms with Crippen LogP contribution in [-0.4, -0.2) is 40.3 Å². The lowest BCUT2D eigenvalue weighted by Crippen LogP contribution is -2.33. The van der Waals surface area contributed by atoms with Crippen LogP contribution in [0, 0.1) is 0 Å². The van der Waals surface area contributed by atoms with E-state index in [0.717, 1.165) is 5.56 Å². The third-order valence-corrected chi connectivity index (χ3v) is 2.03. The predicted octanol–water partition coefficient (Wildman–Crippen LogP) is 1.18. The fourth-order valence-corrected chi connectivity index (χ4v) is 1.11. The smallest absolute Gasteiger partial charge is 0.248 e. The van der Waals surface area contributed by atoms with Crippen LogP contribution in [0.5, 0.6) is 0 Å². The molecule has 1 aromatic rings. The number of likely N-dealkylation sites (N-methyl/N-ethyl adjacent to an activating group) is 1. The molecule has 0 aliphatic carbocycles. The Morgan fingerprint density at radius 2 is 2.25 bits per heavy atom. The Labute approximate surface area is 95.8 Å². The van der Waals surface area contributed by atoms with Gasteiger partial charge in [0.2, 0.25) is 5.91 Å². The zero-order chi connectivity index (χ0) is 12.2. The van der Waals surface area contributed by atoms with Crippen molar-refractivity contribution >= 4 is 5.91 Å². The number of amides is 1. The highest BCUT2D eigenvalue weighted by molar-refractivity contribution is 5.77. The van der Waals surface area contributed by atoms with Crippen molar-refractivity contribution in [2.75, 3.05) is 13.7 Å². The van der Waals surface area contributed by atoms with Crippen molar-refractivity contribution in [2.45, 2.75) is 32.9 Å². The van der Waals surface area contributed by atoms with Crippen molar-refractivity contribution < 1.29 is 9.53 Å². The van der Waals surface area contributed by atoms with E-state index in [-0.39, 0.29) is 18.1 Å². The Hall–Kier alpha value is -1.36. The molecule has 0 aliphatic heterocycles. The number of aromatic amines is 1. The van der Waals surface area contributed by atoms with Crippen LogP contribution < -0.4 is 0 Å². The van der Waals surface area contributed by atoms with Gasteiger partial charge in [0.1, 0.15) is 6.61 Å². The molecule has 0 fully saturated rings. The van der Waals surface area contributed by atoms with Gasteiger partial charge in [-0.3, -0.25) is 9.89 Å². The molecule has 16 heavy (non-hydrogen) atoms. The van der Waals surface area contributed by atoms with E-state index in [1.165, 1.54) is 0 Å². The number of carbonyl (C=O) groups is 1. The van der Waals surface area contributed by atoms with Gasteiger partial charge in [0.25, 0.3) is 0 Å². The summed E-state index contributed by atoms with van der Waals surface area (Å²) in [5, 5.41) is 6.54. The summed E-state index contributed by atoms with van der Waals surface area (Å²) in [6.45, 7) is 6.43. The van der Waals surface area contributed by atoms with E-state index in [4.69, 9.17) is 4.74 Å². The van der Waals surface area contributed by atoms with E-state index >= 15 is 0 Å². The number of nitrogens with one attached hydrogen (secondary N) is 1. The second-order valence-electron chi connectivity index (χ2n) is 4.76. The van der Waals surface area contributed by atoms with Crippen molar-refractivity contribution in [2.24, 2.45) is 0 Å². The molecule has 0 bridgehead atoms. The van der Waals surface area contributed by atoms with E-state index < -0.39 is 0 Å². The van der Waals surface area contributed by atoms with Crippen LogP contribution in [0.15, 0.2) is 12.4 Å². The summed E-state index contributed by atoms with van der Waals surface area (Å²) in [6.07, 6.45) is 3.47. The van der Waals surface area contributed by atoms with Crippen LogP contribution in [0.2, 0.25) is 0 Å². The highest BCUT2D eigenvalue weighted by Crippen LogP contribution is 2.07. The Morgan fingerprint density at radius 3 is 2.75 bits per heavy atom. The van der Waals surface area contributed by atoms with Crippen LogP contribution in [0.1, 0.15) is 26.3 Å². The molecule has 0 radical (unpaired) electrons. The third kappa shape index (κ3) is 4.44. The topological polar surface area (TPSA) is 58.2 Å². The molecule has 0 aliphatic rings. The van der Waals surface area contributed by atoms with Crippen molar-refractivity contribution in [3.05, 3.63) is 18.0 Å². The van der Waals surface area contributed by atoms with Gasteiger partial charge in [0.05, 0.1) is 11.8 Å². The Bertz CT molecular complexity index is 327. The van der Waals surface area contributed by atoms with Crippen LogP contribution in [0.25, 0.3) is 0 Å². The van der Waals surface area contributed by atoms with Gasteiger partial charge in [0.15, 0.2) is 0 Å². The molecule has 0 saturated heterocycles. The average Bonchev–Trinajstić information content (AvgIpc) is 2.65. The first-order chi connectivity index (χ1) is 7.38. The lowest BCUT2D eigenvalue weighted by molar-refractivity contribution is -0.140. The first-order valence-corrected chi connectivity index (χ1v) is 5.24. The van der Waals surface area contributed by atoms with E-state index in [2.05, 4.69) is 10.2 Å². The Morgan fingerprint density at radius 1 is 1.56 bits per heavy atom. The second-order valence-corrected chi connectivity index (χ2v) is 4.76. The van der Waals surface area contributed by atoms with Crippen LogP contribution in [0.3, 0.4) is 0 Å². The van der Waals surface area contributed by atoms with Gasteiger partial charge in [-0.15, -0.1) is 0 Å². The summed E-state index contributed by atoms with van der Waals surface area (Å²) < 4.78 is 5.42. The maximum absolute atomic E-state index is 11.7. The highest BCUT2D eigenvalue weighted by Gasteiger charge is 2.15. The number of nitrogens with zero attached hydrogens (tertiary/aromatic N) is 2. The maximum atomic E-state index is 11.7. The minimum atomic E-state index is -0.286. The van der Waals surface area contributed by atoms with Gasteiger partial charge in [0, 0.05) is 25.4 Å². The fourth-order valence-electron chi connectivity index (χ4n) is 1.11. The first kappa shape index (κ1) is 12.7. The molecule has 1 aromatic heterocycles. The fraction of sp³-hybridized carbons (Fsp3) is 0.636. The van der Waals surface area contributed by atoms with Gasteiger partial charge in [-0.05, 0) is 20.8 Å². The highest BCUT2D eigenvalue weighted by atomic mass is 16.5. The van der Waals surface area contributed by atoms with Crippen molar-refractivity contribution in [3.8, 4) is 0 Å². The molecule has 5 heteroatoms. The summed E-state index contributed by atoms with van der Waals surface area (Å²) in [5.41, 5.74) is 0.693. The molecule has 0 aromatic carbocycles. The number of rotatable bonds is 4. The maximum Gasteiger partial charge on any atom is 0.248 e. The van der Waals surface area contributed by atoms with Gasteiger partial charge < -0.3 is 9.64 Å². The largest absolute Gasteiger partial charge is 0.366 e. The molecule has 1 rings (SSSR count). The molecule has 90 valence electrons. The summed E-state index contributed by atoms with van der Waals surface area (Å²) in [7, 11) is 1.75. The van der Waals surface area contributed by atoms with Crippen LogP contribution in [-0.2, 0) is 16.1 Å². The molecular formula is C11H19N3O2. The van der Waals surface area contributed by atoms with E-state index in [1.54, 1.807) is 24.3 Å². The number of H-pyrrole nitrogens is 1. The van der Waals surface area contributed by atoms with Gasteiger partial charge in [-0.25, -0.2) is 0 Å². The Balaban J connectivity index is 2.37. The van der Waals surface area contributed by atoms with Gasteiger partial charge >= 0.3 is 0 Å². The number of ether oxygens (including phenoxy) is 1. The number of hydrogen-bond donors (Lipinski definition) is 1. The third-order valence-electron chi connectivity index (χ3n) is 2.03. The Kier molecular flexibility index (Phi) is 4.06. The number of carbonyl (C=O) groups excluding carboxylic acids is 1. The zero-order valence-electron chi connectivity index (χ0n) is 10.3. The molecule has 0 spiro atoms. The van der Waals surface area contributed by atoms with Gasteiger partial charge in [-0.1, -0.05) is 0 Å². The molecule has 0 unspecified atom stereocenters. The van der Waals surface area contributed by atoms with E-state index in [0.29, 0.717) is 6.54 Å². The normalized spacial score (nSPS) is 11.5. The molecule has 1 heterocycles. The molecule has 5 nitrogen and oxygen atoms in total. The lowest BCUT2D eigenvalue weighted by atomic mass is 10.2. The molecule has 0 atom stereocenters.